The topological polar surface area (TPSA) is 98.7 Å². The van der Waals surface area contributed by atoms with Crippen LogP contribution in [0.4, 0.5) is 11.6 Å². The summed E-state index contributed by atoms with van der Waals surface area (Å²) < 4.78 is 1.91. The van der Waals surface area contributed by atoms with E-state index in [2.05, 4.69) is 39.4 Å². The highest BCUT2D eigenvalue weighted by Crippen LogP contribution is 2.27. The summed E-state index contributed by atoms with van der Waals surface area (Å²) in [6.07, 6.45) is 7.27. The summed E-state index contributed by atoms with van der Waals surface area (Å²) >= 11 is 0. The fourth-order valence-electron chi connectivity index (χ4n) is 3.29. The molecule has 0 unspecified atom stereocenters. The van der Waals surface area contributed by atoms with Gasteiger partial charge in [0.1, 0.15) is 0 Å². The number of primary amides is 1. The Morgan fingerprint density at radius 1 is 1.07 bits per heavy atom. The average Bonchev–Trinajstić information content (AvgIpc) is 3.24. The maximum atomic E-state index is 11.3. The van der Waals surface area contributed by atoms with Gasteiger partial charge in [-0.3, -0.25) is 9.48 Å². The lowest BCUT2D eigenvalue weighted by Gasteiger charge is -2.13. The fraction of sp³-hybridized carbons (Fsp3) is 0.130. The SMILES string of the molecule is Cc1cc(Nc2ncccn2)cc(-c2cnn([C@H](C)c3ccc(C(N)=O)cc3)c2)c1. The molecule has 0 saturated heterocycles. The van der Waals surface area contributed by atoms with Crippen molar-refractivity contribution in [2.24, 2.45) is 5.73 Å². The molecular weight excluding hydrogens is 376 g/mol. The lowest BCUT2D eigenvalue weighted by molar-refractivity contribution is 0.100. The van der Waals surface area contributed by atoms with E-state index in [1.54, 1.807) is 30.6 Å². The number of carbonyl (C=O) groups is 1. The van der Waals surface area contributed by atoms with Crippen LogP contribution in [-0.2, 0) is 0 Å². The summed E-state index contributed by atoms with van der Waals surface area (Å²) in [5.74, 6) is 0.123. The van der Waals surface area contributed by atoms with Gasteiger partial charge in [0.25, 0.3) is 0 Å². The number of hydrogen-bond acceptors (Lipinski definition) is 5. The molecule has 3 N–H and O–H groups in total. The van der Waals surface area contributed by atoms with Crippen molar-refractivity contribution >= 4 is 17.5 Å². The van der Waals surface area contributed by atoms with Gasteiger partial charge in [0.05, 0.1) is 12.2 Å². The number of rotatable bonds is 6. The molecule has 2 aromatic carbocycles. The number of anilines is 2. The van der Waals surface area contributed by atoms with Crippen molar-refractivity contribution in [2.45, 2.75) is 19.9 Å². The highest BCUT2D eigenvalue weighted by atomic mass is 16.1. The smallest absolute Gasteiger partial charge is 0.248 e. The first-order valence-corrected chi connectivity index (χ1v) is 9.59. The van der Waals surface area contributed by atoms with E-state index >= 15 is 0 Å². The molecule has 0 spiro atoms. The summed E-state index contributed by atoms with van der Waals surface area (Å²) in [4.78, 5) is 19.7. The Balaban J connectivity index is 1.58. The maximum absolute atomic E-state index is 11.3. The lowest BCUT2D eigenvalue weighted by Crippen LogP contribution is -2.12. The number of hydrogen-bond donors (Lipinski definition) is 2. The molecule has 2 heterocycles. The second-order valence-corrected chi connectivity index (χ2v) is 7.16. The zero-order valence-corrected chi connectivity index (χ0v) is 16.8. The van der Waals surface area contributed by atoms with E-state index in [0.29, 0.717) is 11.5 Å². The van der Waals surface area contributed by atoms with Gasteiger partial charge >= 0.3 is 0 Å². The number of nitrogens with zero attached hydrogens (tertiary/aromatic N) is 4. The van der Waals surface area contributed by atoms with E-state index < -0.39 is 5.91 Å². The summed E-state index contributed by atoms with van der Waals surface area (Å²) in [6, 6.07) is 15.3. The lowest BCUT2D eigenvalue weighted by atomic mass is 10.0. The number of aromatic nitrogens is 4. The minimum absolute atomic E-state index is 0.0146. The third-order valence-electron chi connectivity index (χ3n) is 4.91. The van der Waals surface area contributed by atoms with Crippen molar-refractivity contribution in [3.63, 3.8) is 0 Å². The quantitative estimate of drug-likeness (QED) is 0.509. The number of amides is 1. The molecule has 0 saturated carbocycles. The Hall–Kier alpha value is -4.00. The van der Waals surface area contributed by atoms with E-state index in [4.69, 9.17) is 5.73 Å². The van der Waals surface area contributed by atoms with Gasteiger partial charge in [0.15, 0.2) is 0 Å². The van der Waals surface area contributed by atoms with Crippen LogP contribution in [-0.4, -0.2) is 25.7 Å². The molecule has 4 rings (SSSR count). The van der Waals surface area contributed by atoms with Crippen LogP contribution in [0, 0.1) is 6.92 Å². The number of nitrogens with two attached hydrogens (primary N) is 1. The molecule has 0 fully saturated rings. The first kappa shape index (κ1) is 19.3. The Kier molecular flexibility index (Phi) is 5.26. The standard InChI is InChI=1S/C23H22N6O/c1-15-10-19(12-21(11-15)28-23-25-8-3-9-26-23)20-13-27-29(14-20)16(2)17-4-6-18(7-5-17)22(24)30/h3-14,16H,1-2H3,(H2,24,30)(H,25,26,28)/t16-/m1/s1. The molecular formula is C23H22N6O. The van der Waals surface area contributed by atoms with Crippen molar-refractivity contribution < 1.29 is 4.79 Å². The average molecular weight is 398 g/mol. The van der Waals surface area contributed by atoms with Crippen molar-refractivity contribution in [1.82, 2.24) is 19.7 Å². The third kappa shape index (κ3) is 4.20. The van der Waals surface area contributed by atoms with Crippen LogP contribution in [0.1, 0.15) is 34.5 Å². The van der Waals surface area contributed by atoms with Gasteiger partial charge in [-0.25, -0.2) is 9.97 Å². The van der Waals surface area contributed by atoms with Crippen LogP contribution >= 0.6 is 0 Å². The Labute approximate surface area is 174 Å². The van der Waals surface area contributed by atoms with Crippen LogP contribution in [0.3, 0.4) is 0 Å². The summed E-state index contributed by atoms with van der Waals surface area (Å²) in [5.41, 5.74) is 11.0. The van der Waals surface area contributed by atoms with Gasteiger partial charge in [-0.2, -0.15) is 5.10 Å². The van der Waals surface area contributed by atoms with Gasteiger partial charge in [-0.1, -0.05) is 18.2 Å². The molecule has 0 aliphatic heterocycles. The van der Waals surface area contributed by atoms with Crippen LogP contribution < -0.4 is 11.1 Å². The highest BCUT2D eigenvalue weighted by molar-refractivity contribution is 5.92. The van der Waals surface area contributed by atoms with Crippen LogP contribution in [0.25, 0.3) is 11.1 Å². The first-order valence-electron chi connectivity index (χ1n) is 9.59. The maximum Gasteiger partial charge on any atom is 0.248 e. The number of benzene rings is 2. The van der Waals surface area contributed by atoms with Gasteiger partial charge < -0.3 is 11.1 Å². The molecule has 0 aliphatic carbocycles. The molecule has 0 aliphatic rings. The molecule has 7 nitrogen and oxygen atoms in total. The fourth-order valence-corrected chi connectivity index (χ4v) is 3.29. The first-order chi connectivity index (χ1) is 14.5. The van der Waals surface area contributed by atoms with E-state index in [1.807, 2.05) is 42.2 Å². The molecule has 2 aromatic heterocycles. The third-order valence-corrected chi connectivity index (χ3v) is 4.91. The van der Waals surface area contributed by atoms with E-state index in [-0.39, 0.29) is 6.04 Å². The normalized spacial score (nSPS) is 11.8. The largest absolute Gasteiger partial charge is 0.366 e. The predicted molar refractivity (Wildman–Crippen MR) is 116 cm³/mol. The summed E-state index contributed by atoms with van der Waals surface area (Å²) in [7, 11) is 0. The van der Waals surface area contributed by atoms with Crippen LogP contribution in [0.15, 0.2) is 73.3 Å². The molecule has 1 amide bonds. The number of carbonyl (C=O) groups excluding carboxylic acids is 1. The van der Waals surface area contributed by atoms with E-state index in [1.165, 1.54) is 0 Å². The molecule has 30 heavy (non-hydrogen) atoms. The van der Waals surface area contributed by atoms with E-state index in [9.17, 15) is 4.79 Å². The number of nitrogens with one attached hydrogen (secondary N) is 1. The second kappa shape index (κ2) is 8.16. The second-order valence-electron chi connectivity index (χ2n) is 7.16. The van der Waals surface area contributed by atoms with Crippen LogP contribution in [0.2, 0.25) is 0 Å². The molecule has 0 bridgehead atoms. The van der Waals surface area contributed by atoms with Crippen molar-refractivity contribution in [3.05, 3.63) is 90.0 Å². The summed E-state index contributed by atoms with van der Waals surface area (Å²) in [5, 5.41) is 7.79. The van der Waals surface area contributed by atoms with Crippen molar-refractivity contribution in [3.8, 4) is 11.1 Å². The molecule has 0 radical (unpaired) electrons. The van der Waals surface area contributed by atoms with Gasteiger partial charge in [0.2, 0.25) is 11.9 Å². The molecule has 7 heteroatoms. The zero-order chi connectivity index (χ0) is 21.1. The van der Waals surface area contributed by atoms with Crippen molar-refractivity contribution in [1.29, 1.82) is 0 Å². The zero-order valence-electron chi connectivity index (χ0n) is 16.8. The van der Waals surface area contributed by atoms with Gasteiger partial charge in [-0.05, 0) is 60.9 Å². The summed E-state index contributed by atoms with van der Waals surface area (Å²) in [6.45, 7) is 4.11. The highest BCUT2D eigenvalue weighted by Gasteiger charge is 2.12. The Morgan fingerprint density at radius 2 is 1.80 bits per heavy atom. The minimum atomic E-state index is -0.430. The Morgan fingerprint density at radius 3 is 2.50 bits per heavy atom. The van der Waals surface area contributed by atoms with Gasteiger partial charge in [-0.15, -0.1) is 0 Å². The van der Waals surface area contributed by atoms with Crippen molar-refractivity contribution in [2.75, 3.05) is 5.32 Å². The van der Waals surface area contributed by atoms with Crippen LogP contribution in [0.5, 0.6) is 0 Å². The molecule has 4 aromatic rings. The van der Waals surface area contributed by atoms with Gasteiger partial charge in [0, 0.05) is 35.4 Å². The Bertz CT molecular complexity index is 1170. The van der Waals surface area contributed by atoms with E-state index in [0.717, 1.165) is 27.9 Å². The molecule has 150 valence electrons. The minimum Gasteiger partial charge on any atom is -0.366 e. The predicted octanol–water partition coefficient (Wildman–Crippen LogP) is 4.10. The monoisotopic (exact) mass is 398 g/mol. The number of aryl methyl sites for hydroxylation is 1. The molecule has 1 atom stereocenters.